The number of hydrogen-bond acceptors (Lipinski definition) is 6. The number of rotatable bonds is 5. The molecule has 3 rings (SSSR count). The van der Waals surface area contributed by atoms with Gasteiger partial charge < -0.3 is 13.9 Å². The fourth-order valence-corrected chi connectivity index (χ4v) is 2.94. The molecule has 7 heteroatoms. The normalized spacial score (nSPS) is 22.7. The maximum atomic E-state index is 11.6. The van der Waals surface area contributed by atoms with Gasteiger partial charge in [0.05, 0.1) is 12.8 Å². The second kappa shape index (κ2) is 5.33. The van der Waals surface area contributed by atoms with Crippen LogP contribution in [-0.4, -0.2) is 38.3 Å². The molecule has 1 aliphatic heterocycles. The van der Waals surface area contributed by atoms with Crippen molar-refractivity contribution in [3.8, 4) is 11.7 Å². The molecular formula is C14H17N3O4. The molecular weight excluding hydrogens is 274 g/mol. The lowest BCUT2D eigenvalue weighted by Gasteiger charge is -2.32. The lowest BCUT2D eigenvalue weighted by Crippen LogP contribution is -2.49. The Bertz CT molecular complexity index is 622. The molecule has 0 spiro atoms. The van der Waals surface area contributed by atoms with Crippen LogP contribution in [0.4, 0.5) is 0 Å². The van der Waals surface area contributed by atoms with Gasteiger partial charge in [0.1, 0.15) is 5.54 Å². The summed E-state index contributed by atoms with van der Waals surface area (Å²) in [4.78, 5) is 13.5. The zero-order chi connectivity index (χ0) is 14.9. The summed E-state index contributed by atoms with van der Waals surface area (Å²) in [5.74, 6) is 0.442. The van der Waals surface area contributed by atoms with Gasteiger partial charge in [-0.3, -0.25) is 9.69 Å². The SMILES string of the molecule is CCC1(C(=O)O)CCCN1Cc1nnc(-c2ccco2)o1. The highest BCUT2D eigenvalue weighted by Crippen LogP contribution is 2.34. The molecule has 7 nitrogen and oxygen atoms in total. The highest BCUT2D eigenvalue weighted by atomic mass is 16.4. The van der Waals surface area contributed by atoms with Gasteiger partial charge in [0.25, 0.3) is 5.89 Å². The summed E-state index contributed by atoms with van der Waals surface area (Å²) >= 11 is 0. The third-order valence-electron chi connectivity index (χ3n) is 4.13. The number of carboxylic acids is 1. The van der Waals surface area contributed by atoms with Crippen LogP contribution < -0.4 is 0 Å². The van der Waals surface area contributed by atoms with Crippen LogP contribution in [0.1, 0.15) is 32.1 Å². The third kappa shape index (κ3) is 2.33. The molecule has 0 saturated carbocycles. The zero-order valence-electron chi connectivity index (χ0n) is 11.8. The van der Waals surface area contributed by atoms with Crippen LogP contribution >= 0.6 is 0 Å². The van der Waals surface area contributed by atoms with Crippen LogP contribution in [0.3, 0.4) is 0 Å². The number of nitrogens with zero attached hydrogens (tertiary/aromatic N) is 3. The minimum absolute atomic E-state index is 0.312. The second-order valence-corrected chi connectivity index (χ2v) is 5.19. The van der Waals surface area contributed by atoms with E-state index in [9.17, 15) is 9.90 Å². The topological polar surface area (TPSA) is 92.6 Å². The van der Waals surface area contributed by atoms with E-state index in [1.807, 2.05) is 11.8 Å². The maximum Gasteiger partial charge on any atom is 0.324 e. The number of aliphatic carboxylic acids is 1. The summed E-state index contributed by atoms with van der Waals surface area (Å²) in [7, 11) is 0. The Hall–Kier alpha value is -2.15. The van der Waals surface area contributed by atoms with Crippen molar-refractivity contribution >= 4 is 5.97 Å². The molecule has 1 fully saturated rings. The van der Waals surface area contributed by atoms with Crippen LogP contribution in [-0.2, 0) is 11.3 Å². The lowest BCUT2D eigenvalue weighted by molar-refractivity contribution is -0.150. The van der Waals surface area contributed by atoms with Crippen molar-refractivity contribution in [2.45, 2.75) is 38.3 Å². The number of furan rings is 1. The van der Waals surface area contributed by atoms with E-state index in [1.54, 1.807) is 12.1 Å². The molecule has 1 N–H and O–H groups in total. The average Bonchev–Trinajstić information content (AvgIpc) is 3.19. The van der Waals surface area contributed by atoms with E-state index in [1.165, 1.54) is 6.26 Å². The molecule has 0 aromatic carbocycles. The predicted octanol–water partition coefficient (Wildman–Crippen LogP) is 2.16. The smallest absolute Gasteiger partial charge is 0.324 e. The van der Waals surface area contributed by atoms with Gasteiger partial charge in [-0.2, -0.15) is 0 Å². The number of carbonyl (C=O) groups is 1. The monoisotopic (exact) mass is 291 g/mol. The summed E-state index contributed by atoms with van der Waals surface area (Å²) in [6.07, 6.45) is 3.60. The van der Waals surface area contributed by atoms with Crippen LogP contribution in [0.25, 0.3) is 11.7 Å². The Morgan fingerprint density at radius 3 is 3.05 bits per heavy atom. The van der Waals surface area contributed by atoms with E-state index >= 15 is 0 Å². The first-order valence-corrected chi connectivity index (χ1v) is 7.00. The molecule has 0 bridgehead atoms. The molecule has 1 unspecified atom stereocenters. The summed E-state index contributed by atoms with van der Waals surface area (Å²) in [6, 6.07) is 3.48. The van der Waals surface area contributed by atoms with E-state index in [0.29, 0.717) is 36.9 Å². The van der Waals surface area contributed by atoms with Crippen molar-refractivity contribution in [1.82, 2.24) is 15.1 Å². The van der Waals surface area contributed by atoms with E-state index in [2.05, 4.69) is 10.2 Å². The lowest BCUT2D eigenvalue weighted by atomic mass is 9.93. The van der Waals surface area contributed by atoms with Gasteiger partial charge in [-0.15, -0.1) is 10.2 Å². The Kier molecular flexibility index (Phi) is 3.50. The van der Waals surface area contributed by atoms with Gasteiger partial charge in [-0.1, -0.05) is 6.92 Å². The molecule has 3 heterocycles. The molecule has 0 radical (unpaired) electrons. The molecule has 1 saturated heterocycles. The van der Waals surface area contributed by atoms with Crippen molar-refractivity contribution in [1.29, 1.82) is 0 Å². The zero-order valence-corrected chi connectivity index (χ0v) is 11.8. The maximum absolute atomic E-state index is 11.6. The van der Waals surface area contributed by atoms with Crippen LogP contribution in [0, 0.1) is 0 Å². The standard InChI is InChI=1S/C14H17N3O4/c1-2-14(13(18)19)6-4-7-17(14)9-11-15-16-12(21-11)10-5-3-8-20-10/h3,5,8H,2,4,6-7,9H2,1H3,(H,18,19). The second-order valence-electron chi connectivity index (χ2n) is 5.19. The van der Waals surface area contributed by atoms with Gasteiger partial charge in [-0.05, 0) is 37.9 Å². The quantitative estimate of drug-likeness (QED) is 0.902. The summed E-state index contributed by atoms with van der Waals surface area (Å²) in [5.41, 5.74) is -0.820. The van der Waals surface area contributed by atoms with Gasteiger partial charge in [-0.25, -0.2) is 0 Å². The molecule has 0 amide bonds. The summed E-state index contributed by atoms with van der Waals surface area (Å²) in [5, 5.41) is 17.5. The summed E-state index contributed by atoms with van der Waals surface area (Å²) < 4.78 is 10.8. The Labute approximate surface area is 121 Å². The third-order valence-corrected chi connectivity index (χ3v) is 4.13. The van der Waals surface area contributed by atoms with E-state index in [-0.39, 0.29) is 0 Å². The van der Waals surface area contributed by atoms with Gasteiger partial charge in [0, 0.05) is 0 Å². The van der Waals surface area contributed by atoms with Crippen LogP contribution in [0.15, 0.2) is 27.2 Å². The fraction of sp³-hybridized carbons (Fsp3) is 0.500. The number of likely N-dealkylation sites (tertiary alicyclic amines) is 1. The van der Waals surface area contributed by atoms with Gasteiger partial charge in [0.15, 0.2) is 5.76 Å². The highest BCUT2D eigenvalue weighted by Gasteiger charge is 2.46. The molecule has 2 aromatic heterocycles. The average molecular weight is 291 g/mol. The number of hydrogen-bond donors (Lipinski definition) is 1. The Morgan fingerprint density at radius 1 is 1.52 bits per heavy atom. The molecule has 1 atom stereocenters. The van der Waals surface area contributed by atoms with Crippen molar-refractivity contribution in [2.75, 3.05) is 6.54 Å². The van der Waals surface area contributed by atoms with Crippen LogP contribution in [0.5, 0.6) is 0 Å². The largest absolute Gasteiger partial charge is 0.480 e. The molecule has 0 aliphatic carbocycles. The fourth-order valence-electron chi connectivity index (χ4n) is 2.94. The predicted molar refractivity (Wildman–Crippen MR) is 72.3 cm³/mol. The molecule has 112 valence electrons. The molecule has 1 aliphatic rings. The minimum atomic E-state index is -0.820. The van der Waals surface area contributed by atoms with Crippen molar-refractivity contribution in [3.05, 3.63) is 24.3 Å². The first-order chi connectivity index (χ1) is 10.2. The first-order valence-electron chi connectivity index (χ1n) is 7.00. The molecule has 2 aromatic rings. The Morgan fingerprint density at radius 2 is 2.38 bits per heavy atom. The van der Waals surface area contributed by atoms with Crippen LogP contribution in [0.2, 0.25) is 0 Å². The van der Waals surface area contributed by atoms with E-state index in [0.717, 1.165) is 13.0 Å². The number of carboxylic acid groups (broad SMARTS) is 1. The van der Waals surface area contributed by atoms with Gasteiger partial charge >= 0.3 is 5.97 Å². The van der Waals surface area contributed by atoms with E-state index in [4.69, 9.17) is 8.83 Å². The summed E-state index contributed by atoms with van der Waals surface area (Å²) in [6.45, 7) is 2.96. The highest BCUT2D eigenvalue weighted by molar-refractivity contribution is 5.79. The van der Waals surface area contributed by atoms with Crippen molar-refractivity contribution in [3.63, 3.8) is 0 Å². The van der Waals surface area contributed by atoms with Crippen molar-refractivity contribution in [2.24, 2.45) is 0 Å². The number of aromatic nitrogens is 2. The van der Waals surface area contributed by atoms with Gasteiger partial charge in [0.2, 0.25) is 5.89 Å². The minimum Gasteiger partial charge on any atom is -0.480 e. The van der Waals surface area contributed by atoms with Crippen molar-refractivity contribution < 1.29 is 18.7 Å². The Balaban J connectivity index is 1.79. The first kappa shape index (κ1) is 13.8. The van der Waals surface area contributed by atoms with E-state index < -0.39 is 11.5 Å². The molecule has 21 heavy (non-hydrogen) atoms.